The number of carbonyl (C=O) groups excluding carboxylic acids is 4. The number of nitrogens with one attached hydrogen (secondary N) is 5. The Labute approximate surface area is 260 Å². The fraction of sp³-hybridized carbons (Fsp3) is 0.667. The van der Waals surface area contributed by atoms with Gasteiger partial charge in [0.1, 0.15) is 12.6 Å². The van der Waals surface area contributed by atoms with E-state index < -0.39 is 24.2 Å². The summed E-state index contributed by atoms with van der Waals surface area (Å²) in [6.07, 6.45) is 2.87. The van der Waals surface area contributed by atoms with Crippen LogP contribution in [0, 0.1) is 11.8 Å². The highest BCUT2D eigenvalue weighted by Crippen LogP contribution is 2.20. The highest BCUT2D eigenvalue weighted by Gasteiger charge is 2.31. The Balaban J connectivity index is 2.73. The van der Waals surface area contributed by atoms with Crippen LogP contribution in [-0.2, 0) is 25.7 Å². The number of benzene rings is 1. The predicted molar refractivity (Wildman–Crippen MR) is 172 cm³/mol. The number of hydrogen-bond acceptors (Lipinski definition) is 8. The van der Waals surface area contributed by atoms with E-state index in [9.17, 15) is 19.2 Å². The van der Waals surface area contributed by atoms with Crippen LogP contribution in [0.4, 0.5) is 15.3 Å². The van der Waals surface area contributed by atoms with Gasteiger partial charge in [0.15, 0.2) is 0 Å². The quantitative estimate of drug-likeness (QED) is 0.0944. The maximum absolute atomic E-state index is 13.3. The maximum atomic E-state index is 13.3. The second-order valence-electron chi connectivity index (χ2n) is 11.6. The van der Waals surface area contributed by atoms with Gasteiger partial charge in [-0.25, -0.2) is 9.59 Å². The van der Waals surface area contributed by atoms with E-state index >= 15 is 0 Å². The summed E-state index contributed by atoms with van der Waals surface area (Å²) in [5, 5.41) is 14.3. The third kappa shape index (κ3) is 17.0. The second-order valence-corrected chi connectivity index (χ2v) is 13.0. The van der Waals surface area contributed by atoms with Crippen LogP contribution < -0.4 is 32.3 Å². The molecule has 1 rings (SSSR count). The maximum Gasteiger partial charge on any atom is 0.407 e. The van der Waals surface area contributed by atoms with Crippen molar-refractivity contribution in [2.75, 3.05) is 37.9 Å². The molecular formula is C30H52N6O6S. The zero-order chi connectivity index (χ0) is 32.4. The summed E-state index contributed by atoms with van der Waals surface area (Å²) < 4.78 is 10.7. The molecule has 0 fully saturated rings. The first-order valence-corrected chi connectivity index (χ1v) is 16.0. The SMILES string of the molecule is CSC(C)(C)N[C@H](C(=O)N[C@@H](CCCNC(N)=O)C(=O)Nc1ccc(COC(=O)NCCCOCC(C)C)cc1)C(C)C. The van der Waals surface area contributed by atoms with E-state index in [1.54, 1.807) is 36.0 Å². The molecule has 0 aliphatic rings. The topological polar surface area (TPSA) is 173 Å². The Morgan fingerprint density at radius 3 is 2.19 bits per heavy atom. The molecule has 0 aromatic heterocycles. The average molecular weight is 625 g/mol. The van der Waals surface area contributed by atoms with Crippen molar-refractivity contribution < 1.29 is 28.7 Å². The number of carbonyl (C=O) groups is 4. The fourth-order valence-corrected chi connectivity index (χ4v) is 4.06. The number of ether oxygens (including phenoxy) is 2. The van der Waals surface area contributed by atoms with Gasteiger partial charge in [-0.05, 0) is 68.9 Å². The molecule has 1 aromatic carbocycles. The molecule has 12 nitrogen and oxygen atoms in total. The smallest absolute Gasteiger partial charge is 0.407 e. The second kappa shape index (κ2) is 20.0. The van der Waals surface area contributed by atoms with Crippen LogP contribution in [-0.4, -0.2) is 73.5 Å². The van der Waals surface area contributed by atoms with Crippen LogP contribution in [0.2, 0.25) is 0 Å². The number of urea groups is 1. The van der Waals surface area contributed by atoms with Crippen molar-refractivity contribution in [3.63, 3.8) is 0 Å². The number of thioether (sulfide) groups is 1. The van der Waals surface area contributed by atoms with Gasteiger partial charge in [-0.15, -0.1) is 11.8 Å². The van der Waals surface area contributed by atoms with Gasteiger partial charge >= 0.3 is 12.1 Å². The normalized spacial score (nSPS) is 12.9. The van der Waals surface area contributed by atoms with E-state index in [1.807, 2.05) is 34.0 Å². The highest BCUT2D eigenvalue weighted by atomic mass is 32.2. The van der Waals surface area contributed by atoms with Gasteiger partial charge in [0.05, 0.1) is 10.9 Å². The Morgan fingerprint density at radius 2 is 1.60 bits per heavy atom. The molecule has 43 heavy (non-hydrogen) atoms. The van der Waals surface area contributed by atoms with E-state index in [1.165, 1.54) is 0 Å². The van der Waals surface area contributed by atoms with Crippen LogP contribution in [0.15, 0.2) is 24.3 Å². The molecule has 0 saturated heterocycles. The van der Waals surface area contributed by atoms with Crippen molar-refractivity contribution in [3.05, 3.63) is 29.8 Å². The lowest BCUT2D eigenvalue weighted by molar-refractivity contribution is -0.129. The molecule has 0 saturated carbocycles. The Morgan fingerprint density at radius 1 is 0.953 bits per heavy atom. The lowest BCUT2D eigenvalue weighted by Crippen LogP contribution is -2.57. The molecule has 2 atom stereocenters. The minimum atomic E-state index is -0.843. The summed E-state index contributed by atoms with van der Waals surface area (Å²) in [6, 6.07) is 4.89. The number of anilines is 1. The molecular weight excluding hydrogens is 572 g/mol. The third-order valence-corrected chi connectivity index (χ3v) is 7.48. The number of rotatable bonds is 20. The van der Waals surface area contributed by atoms with E-state index in [4.69, 9.17) is 15.2 Å². The Kier molecular flexibility index (Phi) is 17.7. The summed E-state index contributed by atoms with van der Waals surface area (Å²) in [7, 11) is 0. The van der Waals surface area contributed by atoms with Crippen LogP contribution in [0.1, 0.15) is 66.4 Å². The minimum Gasteiger partial charge on any atom is -0.445 e. The number of nitrogens with two attached hydrogens (primary N) is 1. The monoisotopic (exact) mass is 624 g/mol. The number of primary amides is 1. The summed E-state index contributed by atoms with van der Waals surface area (Å²) in [5.41, 5.74) is 6.42. The van der Waals surface area contributed by atoms with Crippen LogP contribution >= 0.6 is 11.8 Å². The molecule has 7 N–H and O–H groups in total. The number of amides is 5. The molecule has 1 aromatic rings. The highest BCUT2D eigenvalue weighted by molar-refractivity contribution is 7.99. The molecule has 0 spiro atoms. The molecule has 0 heterocycles. The van der Waals surface area contributed by atoms with Gasteiger partial charge in [0, 0.05) is 32.0 Å². The first kappa shape index (κ1) is 38.0. The van der Waals surface area contributed by atoms with Crippen molar-refractivity contribution in [1.29, 1.82) is 0 Å². The summed E-state index contributed by atoms with van der Waals surface area (Å²) in [6.45, 7) is 14.1. The van der Waals surface area contributed by atoms with Crippen molar-refractivity contribution >= 4 is 41.4 Å². The van der Waals surface area contributed by atoms with Crippen LogP contribution in [0.3, 0.4) is 0 Å². The number of alkyl carbamates (subject to hydrolysis) is 1. The van der Waals surface area contributed by atoms with Crippen molar-refractivity contribution in [2.45, 2.75) is 84.4 Å². The van der Waals surface area contributed by atoms with Crippen molar-refractivity contribution in [1.82, 2.24) is 21.3 Å². The molecule has 13 heteroatoms. The van der Waals surface area contributed by atoms with Gasteiger partial charge in [-0.3, -0.25) is 14.9 Å². The van der Waals surface area contributed by atoms with Crippen molar-refractivity contribution in [2.24, 2.45) is 17.6 Å². The van der Waals surface area contributed by atoms with Gasteiger partial charge in [-0.1, -0.05) is 39.8 Å². The van der Waals surface area contributed by atoms with Gasteiger partial charge in [-0.2, -0.15) is 0 Å². The first-order chi connectivity index (χ1) is 20.2. The Bertz CT molecular complexity index is 1010. The number of hydrogen-bond donors (Lipinski definition) is 6. The third-order valence-electron chi connectivity index (χ3n) is 6.34. The minimum absolute atomic E-state index is 0.0211. The van der Waals surface area contributed by atoms with E-state index in [-0.39, 0.29) is 35.8 Å². The summed E-state index contributed by atoms with van der Waals surface area (Å²) >= 11 is 1.59. The molecule has 0 bridgehead atoms. The molecule has 244 valence electrons. The first-order valence-electron chi connectivity index (χ1n) is 14.8. The fourth-order valence-electron chi connectivity index (χ4n) is 3.81. The van der Waals surface area contributed by atoms with Gasteiger partial charge < -0.3 is 36.5 Å². The molecule has 0 aliphatic heterocycles. The zero-order valence-corrected chi connectivity index (χ0v) is 27.5. The summed E-state index contributed by atoms with van der Waals surface area (Å²) in [4.78, 5) is 49.2. The molecule has 5 amide bonds. The van der Waals surface area contributed by atoms with E-state index in [0.717, 1.165) is 5.56 Å². The van der Waals surface area contributed by atoms with Crippen molar-refractivity contribution in [3.8, 4) is 0 Å². The lowest BCUT2D eigenvalue weighted by Gasteiger charge is -2.32. The van der Waals surface area contributed by atoms with E-state index in [2.05, 4.69) is 40.4 Å². The Hall–Kier alpha value is -3.03. The molecule has 0 unspecified atom stereocenters. The van der Waals surface area contributed by atoms with Gasteiger partial charge in [0.2, 0.25) is 11.8 Å². The van der Waals surface area contributed by atoms with E-state index in [0.29, 0.717) is 50.6 Å². The lowest BCUT2D eigenvalue weighted by atomic mass is 10.0. The van der Waals surface area contributed by atoms with Crippen LogP contribution in [0.25, 0.3) is 0 Å². The average Bonchev–Trinajstić information content (AvgIpc) is 2.94. The zero-order valence-electron chi connectivity index (χ0n) is 26.7. The van der Waals surface area contributed by atoms with Crippen LogP contribution in [0.5, 0.6) is 0 Å². The standard InChI is InChI=1S/C30H52N6O6S/c1-20(2)18-41-17-9-16-33-29(40)42-19-22-11-13-23(14-12-22)34-26(37)24(10-8-15-32-28(31)39)35-27(38)25(21(3)4)36-30(5,6)43-7/h11-14,20-21,24-25,36H,8-10,15-19H2,1-7H3,(H,33,40)(H,34,37)(H,35,38)(H3,31,32,39)/t24-,25-/m0/s1. The predicted octanol–water partition coefficient (Wildman–Crippen LogP) is 3.56. The largest absolute Gasteiger partial charge is 0.445 e. The molecule has 0 radical (unpaired) electrons. The molecule has 0 aliphatic carbocycles. The van der Waals surface area contributed by atoms with Gasteiger partial charge in [0.25, 0.3) is 0 Å². The summed E-state index contributed by atoms with van der Waals surface area (Å²) in [5.74, 6) is -0.222.